The van der Waals surface area contributed by atoms with Crippen molar-refractivity contribution in [2.45, 2.75) is 64.3 Å². The average molecular weight is 555 g/mol. The van der Waals surface area contributed by atoms with E-state index in [1.165, 1.54) is 6.42 Å². The molecule has 3 aromatic rings. The Hall–Kier alpha value is -2.78. The van der Waals surface area contributed by atoms with Crippen molar-refractivity contribution in [1.29, 1.82) is 0 Å². The summed E-state index contributed by atoms with van der Waals surface area (Å²) in [6.07, 6.45) is 0.163. The van der Waals surface area contributed by atoms with Gasteiger partial charge in [0.25, 0.3) is 0 Å². The highest BCUT2D eigenvalue weighted by Gasteiger charge is 2.30. The number of unbranched alkanes of at least 4 members (excludes halogenated alkanes) is 1. The first-order valence-electron chi connectivity index (χ1n) is 13.2. The predicted molar refractivity (Wildman–Crippen MR) is 136 cm³/mol. The van der Waals surface area contributed by atoms with Crippen LogP contribution in [0.4, 0.5) is 26.3 Å². The quantitative estimate of drug-likeness (QED) is 0.224. The molecule has 1 saturated heterocycles. The zero-order chi connectivity index (χ0) is 28.0. The molecule has 0 bridgehead atoms. The molecule has 3 aromatic carbocycles. The Labute approximate surface area is 224 Å². The van der Waals surface area contributed by atoms with E-state index in [0.717, 1.165) is 42.3 Å². The molecule has 0 spiro atoms. The van der Waals surface area contributed by atoms with Gasteiger partial charge in [-0.1, -0.05) is 50.1 Å². The van der Waals surface area contributed by atoms with Crippen LogP contribution in [0, 0.1) is 23.4 Å². The van der Waals surface area contributed by atoms with E-state index in [4.69, 9.17) is 9.47 Å². The fourth-order valence-corrected chi connectivity index (χ4v) is 4.76. The third-order valence-electron chi connectivity index (χ3n) is 6.89. The molecule has 1 aliphatic rings. The second-order valence-corrected chi connectivity index (χ2v) is 10.0. The second-order valence-electron chi connectivity index (χ2n) is 10.0. The minimum Gasteiger partial charge on any atom is -0.478 e. The Balaban J connectivity index is 1.34. The molecule has 0 radical (unpaired) electrons. The van der Waals surface area contributed by atoms with Gasteiger partial charge < -0.3 is 14.2 Å². The molecule has 1 fully saturated rings. The van der Waals surface area contributed by atoms with Crippen molar-refractivity contribution >= 4 is 10.8 Å². The van der Waals surface area contributed by atoms with E-state index >= 15 is 4.39 Å². The van der Waals surface area contributed by atoms with Crippen LogP contribution in [-0.2, 0) is 28.7 Å². The van der Waals surface area contributed by atoms with Gasteiger partial charge in [0.15, 0.2) is 30.3 Å². The van der Waals surface area contributed by atoms with Gasteiger partial charge in [0.2, 0.25) is 0 Å². The summed E-state index contributed by atoms with van der Waals surface area (Å²) >= 11 is 0. The number of rotatable bonds is 11. The van der Waals surface area contributed by atoms with Gasteiger partial charge in [0, 0.05) is 17.7 Å². The van der Waals surface area contributed by atoms with E-state index in [0.29, 0.717) is 36.5 Å². The zero-order valence-electron chi connectivity index (χ0n) is 21.8. The number of ether oxygens (including phenoxy) is 3. The highest BCUT2D eigenvalue weighted by atomic mass is 19.4. The van der Waals surface area contributed by atoms with Gasteiger partial charge in [-0.05, 0) is 59.9 Å². The number of benzene rings is 3. The monoisotopic (exact) mass is 554 g/mol. The van der Waals surface area contributed by atoms with Gasteiger partial charge in [0.1, 0.15) is 5.82 Å². The lowest BCUT2D eigenvalue weighted by molar-refractivity contribution is -0.203. The van der Waals surface area contributed by atoms with Gasteiger partial charge in [-0.2, -0.15) is 13.2 Å². The van der Waals surface area contributed by atoms with E-state index in [2.05, 4.69) is 11.7 Å². The number of hydrogen-bond acceptors (Lipinski definition) is 3. The van der Waals surface area contributed by atoms with Crippen LogP contribution in [0.5, 0.6) is 5.75 Å². The molecule has 0 saturated carbocycles. The SMILES string of the molecule is CCCCC1COC(CCc2ccc3c(F)c(CCc4cc(F)c(OCC(F)(F)F)c(F)c4)ccc3c2)OC1. The topological polar surface area (TPSA) is 27.7 Å². The predicted octanol–water partition coefficient (Wildman–Crippen LogP) is 8.10. The standard InChI is InChI=1S/C30H32F6O3/c1-2-3-4-21-16-37-27(38-17-21)12-7-19-6-11-24-23(13-19)10-9-22(28(24)33)8-5-20-14-25(31)29(26(32)15-20)39-18-30(34,35)36/h6,9-11,13-15,21,27H,2-5,7-8,12,16-18H2,1H3. The number of fused-ring (bicyclic) bond motifs is 1. The first-order valence-corrected chi connectivity index (χ1v) is 13.2. The number of hydrogen-bond donors (Lipinski definition) is 0. The fourth-order valence-electron chi connectivity index (χ4n) is 4.76. The first kappa shape index (κ1) is 29.2. The third kappa shape index (κ3) is 8.11. The minimum atomic E-state index is -4.72. The van der Waals surface area contributed by atoms with Gasteiger partial charge in [-0.15, -0.1) is 0 Å². The van der Waals surface area contributed by atoms with E-state index < -0.39 is 36.0 Å². The van der Waals surface area contributed by atoms with Gasteiger partial charge >= 0.3 is 6.18 Å². The van der Waals surface area contributed by atoms with Crippen LogP contribution in [0.3, 0.4) is 0 Å². The maximum Gasteiger partial charge on any atom is 0.422 e. The Morgan fingerprint density at radius 2 is 1.56 bits per heavy atom. The van der Waals surface area contributed by atoms with Gasteiger partial charge in [-0.3, -0.25) is 0 Å². The largest absolute Gasteiger partial charge is 0.478 e. The molecule has 0 N–H and O–H groups in total. The molecule has 1 aliphatic heterocycles. The lowest BCUT2D eigenvalue weighted by Gasteiger charge is -2.29. The molecule has 0 aliphatic carbocycles. The molecule has 1 heterocycles. The zero-order valence-corrected chi connectivity index (χ0v) is 21.8. The summed E-state index contributed by atoms with van der Waals surface area (Å²) in [5.41, 5.74) is 1.59. The molecule has 0 atom stereocenters. The van der Waals surface area contributed by atoms with Crippen LogP contribution < -0.4 is 4.74 Å². The molecule has 0 aromatic heterocycles. The molecule has 3 nitrogen and oxygen atoms in total. The van der Waals surface area contributed by atoms with E-state index in [9.17, 15) is 22.0 Å². The molecule has 212 valence electrons. The minimum absolute atomic E-state index is 0.0919. The Bertz CT molecular complexity index is 1230. The maximum absolute atomic E-state index is 15.2. The van der Waals surface area contributed by atoms with Crippen LogP contribution >= 0.6 is 0 Å². The molecule has 9 heteroatoms. The highest BCUT2D eigenvalue weighted by Crippen LogP contribution is 2.28. The molecule has 0 amide bonds. The van der Waals surface area contributed by atoms with Crippen molar-refractivity contribution < 1.29 is 40.6 Å². The lowest BCUT2D eigenvalue weighted by Crippen LogP contribution is -2.32. The normalized spacial score (nSPS) is 18.0. The molecule has 39 heavy (non-hydrogen) atoms. The summed E-state index contributed by atoms with van der Waals surface area (Å²) < 4.78 is 96.4. The Morgan fingerprint density at radius 1 is 0.846 bits per heavy atom. The summed E-state index contributed by atoms with van der Waals surface area (Å²) in [7, 11) is 0. The van der Waals surface area contributed by atoms with Crippen molar-refractivity contribution in [3.63, 3.8) is 0 Å². The lowest BCUT2D eigenvalue weighted by atomic mass is 9.98. The maximum atomic E-state index is 15.2. The average Bonchev–Trinajstić information content (AvgIpc) is 2.90. The molecule has 4 rings (SSSR count). The van der Waals surface area contributed by atoms with E-state index in [-0.39, 0.29) is 24.7 Å². The third-order valence-corrected chi connectivity index (χ3v) is 6.89. The summed E-state index contributed by atoms with van der Waals surface area (Å²) in [6.45, 7) is 1.79. The molecule has 0 unspecified atom stereocenters. The van der Waals surface area contributed by atoms with Crippen molar-refractivity contribution in [3.8, 4) is 5.75 Å². The Morgan fingerprint density at radius 3 is 2.23 bits per heavy atom. The number of alkyl halides is 3. The Kier molecular flexibility index (Phi) is 9.77. The van der Waals surface area contributed by atoms with Gasteiger partial charge in [-0.25, -0.2) is 13.2 Å². The smallest absolute Gasteiger partial charge is 0.422 e. The number of halogens is 6. The summed E-state index contributed by atoms with van der Waals surface area (Å²) in [5.74, 6) is -3.51. The van der Waals surface area contributed by atoms with Crippen LogP contribution in [0.2, 0.25) is 0 Å². The van der Waals surface area contributed by atoms with E-state index in [1.807, 2.05) is 12.1 Å². The summed E-state index contributed by atoms with van der Waals surface area (Å²) in [6, 6.07) is 10.8. The molecular formula is C30H32F6O3. The van der Waals surface area contributed by atoms with Crippen LogP contribution in [-0.4, -0.2) is 32.3 Å². The van der Waals surface area contributed by atoms with Gasteiger partial charge in [0.05, 0.1) is 13.2 Å². The number of aryl methyl sites for hydroxylation is 3. The van der Waals surface area contributed by atoms with Crippen LogP contribution in [0.1, 0.15) is 49.3 Å². The summed E-state index contributed by atoms with van der Waals surface area (Å²) in [4.78, 5) is 0. The van der Waals surface area contributed by atoms with E-state index in [1.54, 1.807) is 18.2 Å². The van der Waals surface area contributed by atoms with Crippen molar-refractivity contribution in [3.05, 3.63) is 76.6 Å². The summed E-state index contributed by atoms with van der Waals surface area (Å²) in [5, 5.41) is 1.18. The molecular weight excluding hydrogens is 522 g/mol. The van der Waals surface area contributed by atoms with Crippen molar-refractivity contribution in [2.24, 2.45) is 5.92 Å². The van der Waals surface area contributed by atoms with Crippen LogP contribution in [0.25, 0.3) is 10.8 Å². The van der Waals surface area contributed by atoms with Crippen LogP contribution in [0.15, 0.2) is 42.5 Å². The van der Waals surface area contributed by atoms with Crippen molar-refractivity contribution in [1.82, 2.24) is 0 Å². The highest BCUT2D eigenvalue weighted by molar-refractivity contribution is 5.84. The first-order chi connectivity index (χ1) is 18.6. The second kappa shape index (κ2) is 13.0. The fraction of sp³-hybridized carbons (Fsp3) is 0.467. The van der Waals surface area contributed by atoms with Crippen molar-refractivity contribution in [2.75, 3.05) is 19.8 Å².